The molecule has 1 aromatic heterocycles. The van der Waals surface area contributed by atoms with Gasteiger partial charge >= 0.3 is 0 Å². The van der Waals surface area contributed by atoms with Gasteiger partial charge in [-0.15, -0.1) is 0 Å². The molecular weight excluding hydrogens is 433 g/mol. The molecule has 0 aliphatic heterocycles. The quantitative estimate of drug-likeness (QED) is 0.391. The molecule has 176 valence electrons. The number of halogens is 1. The molecule has 0 fully saturated rings. The Morgan fingerprint density at radius 3 is 2.24 bits per heavy atom. The predicted molar refractivity (Wildman–Crippen MR) is 132 cm³/mol. The van der Waals surface area contributed by atoms with Crippen molar-refractivity contribution in [1.29, 1.82) is 0 Å². The Bertz CT molecular complexity index is 1440. The Balaban J connectivity index is 2.02. The third-order valence-electron chi connectivity index (χ3n) is 5.95. The number of ether oxygens (including phenoxy) is 2. The van der Waals surface area contributed by atoms with E-state index in [-0.39, 0.29) is 11.2 Å². The number of aryl methyl sites for hydroxylation is 3. The van der Waals surface area contributed by atoms with Crippen LogP contribution >= 0.6 is 0 Å². The highest BCUT2D eigenvalue weighted by atomic mass is 19.1. The molecule has 0 bridgehead atoms. The van der Waals surface area contributed by atoms with E-state index in [2.05, 4.69) is 0 Å². The number of rotatable bonds is 5. The van der Waals surface area contributed by atoms with E-state index >= 15 is 0 Å². The second kappa shape index (κ2) is 8.61. The summed E-state index contributed by atoms with van der Waals surface area (Å²) in [6.07, 6.45) is 1.76. The highest BCUT2D eigenvalue weighted by Gasteiger charge is 2.21. The third-order valence-corrected chi connectivity index (χ3v) is 5.95. The summed E-state index contributed by atoms with van der Waals surface area (Å²) in [5, 5.41) is 11.2. The zero-order valence-corrected chi connectivity index (χ0v) is 20.2. The monoisotopic (exact) mass is 461 g/mol. The topological polar surface area (TPSA) is 60.7 Å². The largest absolute Gasteiger partial charge is 0.497 e. The first-order chi connectivity index (χ1) is 16.0. The van der Waals surface area contributed by atoms with Crippen molar-refractivity contribution in [3.8, 4) is 22.9 Å². The molecule has 0 aliphatic carbocycles. The molecule has 0 aliphatic rings. The van der Waals surface area contributed by atoms with Gasteiger partial charge in [0.05, 0.1) is 23.9 Å². The van der Waals surface area contributed by atoms with Gasteiger partial charge in [0.1, 0.15) is 17.3 Å². The molecule has 4 rings (SSSR count). The standard InChI is InChI=1S/C28H28FNO4/c1-16-11-20(29)12-17(2)27(16)34-25-10-7-19(28(4,5)32)13-24(25)30-15-18(3)26(31)22-14-21(33-6)8-9-23(22)30/h7-15,32H,1-6H3. The molecule has 1 N–H and O–H groups in total. The average molecular weight is 462 g/mol. The van der Waals surface area contributed by atoms with Gasteiger partial charge in [-0.1, -0.05) is 6.07 Å². The van der Waals surface area contributed by atoms with Crippen molar-refractivity contribution < 1.29 is 19.0 Å². The minimum absolute atomic E-state index is 0.0866. The fourth-order valence-corrected chi connectivity index (χ4v) is 4.11. The predicted octanol–water partition coefficient (Wildman–Crippen LogP) is 6.08. The maximum Gasteiger partial charge on any atom is 0.192 e. The third kappa shape index (κ3) is 4.29. The lowest BCUT2D eigenvalue weighted by molar-refractivity contribution is 0.0785. The summed E-state index contributed by atoms with van der Waals surface area (Å²) in [7, 11) is 1.56. The second-order valence-electron chi connectivity index (χ2n) is 9.11. The summed E-state index contributed by atoms with van der Waals surface area (Å²) < 4.78 is 27.4. The van der Waals surface area contributed by atoms with Gasteiger partial charge in [-0.05, 0) is 93.8 Å². The molecule has 0 saturated heterocycles. The minimum Gasteiger partial charge on any atom is -0.497 e. The van der Waals surface area contributed by atoms with E-state index < -0.39 is 5.60 Å². The molecular formula is C28H28FNO4. The van der Waals surface area contributed by atoms with Crippen molar-refractivity contribution in [2.24, 2.45) is 0 Å². The lowest BCUT2D eigenvalue weighted by atomic mass is 9.97. The zero-order valence-electron chi connectivity index (χ0n) is 20.2. The van der Waals surface area contributed by atoms with Crippen LogP contribution in [0.3, 0.4) is 0 Å². The van der Waals surface area contributed by atoms with E-state index in [0.717, 1.165) is 0 Å². The molecule has 0 radical (unpaired) electrons. The number of aromatic nitrogens is 1. The minimum atomic E-state index is -1.10. The maximum atomic E-state index is 13.9. The molecule has 5 nitrogen and oxygen atoms in total. The summed E-state index contributed by atoms with van der Waals surface area (Å²) in [6, 6.07) is 13.6. The van der Waals surface area contributed by atoms with Gasteiger partial charge in [0.15, 0.2) is 11.2 Å². The number of pyridine rings is 1. The smallest absolute Gasteiger partial charge is 0.192 e. The van der Waals surface area contributed by atoms with Crippen LogP contribution in [0.25, 0.3) is 16.6 Å². The number of hydrogen-bond acceptors (Lipinski definition) is 4. The number of benzene rings is 3. The first-order valence-corrected chi connectivity index (χ1v) is 11.0. The fourth-order valence-electron chi connectivity index (χ4n) is 4.11. The lowest BCUT2D eigenvalue weighted by Crippen LogP contribution is -2.17. The number of nitrogens with zero attached hydrogens (tertiary/aromatic N) is 1. The van der Waals surface area contributed by atoms with Crippen LogP contribution in [0.2, 0.25) is 0 Å². The SMILES string of the molecule is COc1ccc2c(c1)c(=O)c(C)cn2-c1cc(C(C)(C)O)ccc1Oc1c(C)cc(F)cc1C. The Morgan fingerprint density at radius 2 is 1.62 bits per heavy atom. The first kappa shape index (κ1) is 23.5. The molecule has 0 amide bonds. The summed E-state index contributed by atoms with van der Waals surface area (Å²) in [6.45, 7) is 8.76. The van der Waals surface area contributed by atoms with Crippen LogP contribution in [-0.2, 0) is 5.60 Å². The Morgan fingerprint density at radius 1 is 0.941 bits per heavy atom. The molecule has 1 heterocycles. The van der Waals surface area contributed by atoms with E-state index in [9.17, 15) is 14.3 Å². The number of hydrogen-bond donors (Lipinski definition) is 1. The van der Waals surface area contributed by atoms with Gasteiger partial charge < -0.3 is 19.1 Å². The summed E-state index contributed by atoms with van der Waals surface area (Å²) in [5.74, 6) is 1.32. The average Bonchev–Trinajstić information content (AvgIpc) is 2.77. The van der Waals surface area contributed by atoms with Crippen molar-refractivity contribution in [1.82, 2.24) is 4.57 Å². The van der Waals surface area contributed by atoms with E-state index in [1.807, 2.05) is 16.7 Å². The zero-order chi connectivity index (χ0) is 24.8. The molecule has 3 aromatic carbocycles. The molecule has 0 saturated carbocycles. The van der Waals surface area contributed by atoms with Crippen molar-refractivity contribution >= 4 is 10.9 Å². The van der Waals surface area contributed by atoms with Crippen molar-refractivity contribution in [2.45, 2.75) is 40.2 Å². The number of aliphatic hydroxyl groups is 1. The van der Waals surface area contributed by atoms with Gasteiger partial charge in [0.25, 0.3) is 0 Å². The molecule has 0 atom stereocenters. The Labute approximate surface area is 198 Å². The number of fused-ring (bicyclic) bond motifs is 1. The molecule has 0 spiro atoms. The van der Waals surface area contributed by atoms with Crippen LogP contribution in [-0.4, -0.2) is 16.8 Å². The van der Waals surface area contributed by atoms with Crippen LogP contribution < -0.4 is 14.9 Å². The van der Waals surface area contributed by atoms with E-state index in [1.165, 1.54) is 12.1 Å². The molecule has 6 heteroatoms. The Kier molecular flexibility index (Phi) is 5.96. The molecule has 34 heavy (non-hydrogen) atoms. The van der Waals surface area contributed by atoms with Gasteiger partial charge in [-0.25, -0.2) is 4.39 Å². The van der Waals surface area contributed by atoms with Crippen molar-refractivity contribution in [3.63, 3.8) is 0 Å². The van der Waals surface area contributed by atoms with Crippen LogP contribution in [0.5, 0.6) is 17.2 Å². The van der Waals surface area contributed by atoms with Gasteiger partial charge in [-0.3, -0.25) is 4.79 Å². The summed E-state index contributed by atoms with van der Waals surface area (Å²) >= 11 is 0. The van der Waals surface area contributed by atoms with E-state index in [1.54, 1.807) is 72.2 Å². The molecule has 4 aromatic rings. The van der Waals surface area contributed by atoms with Crippen molar-refractivity contribution in [3.05, 3.63) is 93.0 Å². The van der Waals surface area contributed by atoms with Gasteiger partial charge in [-0.2, -0.15) is 0 Å². The van der Waals surface area contributed by atoms with Crippen LogP contribution in [0.4, 0.5) is 4.39 Å². The summed E-state index contributed by atoms with van der Waals surface area (Å²) in [5.41, 5.74) is 2.69. The molecule has 0 unspecified atom stereocenters. The highest BCUT2D eigenvalue weighted by molar-refractivity contribution is 5.83. The van der Waals surface area contributed by atoms with Crippen LogP contribution in [0.1, 0.15) is 36.1 Å². The fraction of sp³-hybridized carbons (Fsp3) is 0.250. The highest BCUT2D eigenvalue weighted by Crippen LogP contribution is 2.37. The van der Waals surface area contributed by atoms with Crippen LogP contribution in [0.15, 0.2) is 59.5 Å². The van der Waals surface area contributed by atoms with Gasteiger partial charge in [0, 0.05) is 17.1 Å². The van der Waals surface area contributed by atoms with Crippen LogP contribution in [0, 0.1) is 26.6 Å². The number of methoxy groups -OCH3 is 1. The normalized spacial score (nSPS) is 11.6. The van der Waals surface area contributed by atoms with E-state index in [4.69, 9.17) is 9.47 Å². The van der Waals surface area contributed by atoms with Crippen molar-refractivity contribution in [2.75, 3.05) is 7.11 Å². The van der Waals surface area contributed by atoms with E-state index in [0.29, 0.717) is 56.1 Å². The first-order valence-electron chi connectivity index (χ1n) is 11.0. The summed E-state index contributed by atoms with van der Waals surface area (Å²) in [4.78, 5) is 12.9. The van der Waals surface area contributed by atoms with Gasteiger partial charge in [0.2, 0.25) is 0 Å². The maximum absolute atomic E-state index is 13.9. The Hall–Kier alpha value is -3.64. The lowest BCUT2D eigenvalue weighted by Gasteiger charge is -2.23. The second-order valence-corrected chi connectivity index (χ2v) is 9.11.